The van der Waals surface area contributed by atoms with E-state index < -0.39 is 0 Å². The summed E-state index contributed by atoms with van der Waals surface area (Å²) in [7, 11) is 0. The van der Waals surface area contributed by atoms with Crippen LogP contribution in [0.4, 0.5) is 5.82 Å². The third-order valence-corrected chi connectivity index (χ3v) is 8.43. The van der Waals surface area contributed by atoms with Crippen LogP contribution >= 0.6 is 0 Å². The van der Waals surface area contributed by atoms with Crippen molar-refractivity contribution in [2.75, 3.05) is 24.6 Å². The number of anilines is 1. The summed E-state index contributed by atoms with van der Waals surface area (Å²) in [5.74, 6) is 2.12. The first-order valence-corrected chi connectivity index (χ1v) is 13.2. The van der Waals surface area contributed by atoms with Crippen LogP contribution in [0.2, 0.25) is 0 Å². The first kappa shape index (κ1) is 21.9. The van der Waals surface area contributed by atoms with Gasteiger partial charge in [-0.05, 0) is 61.5 Å². The summed E-state index contributed by atoms with van der Waals surface area (Å²) in [6.07, 6.45) is 10.4. The Morgan fingerprint density at radius 1 is 1.00 bits per heavy atom. The zero-order valence-corrected chi connectivity index (χ0v) is 20.1. The monoisotopic (exact) mass is 457 g/mol. The smallest absolute Gasteiger partial charge is 0.318 e. The van der Waals surface area contributed by atoms with E-state index in [9.17, 15) is 5.26 Å². The van der Waals surface area contributed by atoms with Crippen molar-refractivity contribution in [3.8, 4) is 12.1 Å². The van der Waals surface area contributed by atoms with Crippen LogP contribution in [0.5, 0.6) is 6.01 Å². The lowest BCUT2D eigenvalue weighted by atomic mass is 9.95. The van der Waals surface area contributed by atoms with Gasteiger partial charge in [-0.15, -0.1) is 0 Å². The number of aromatic nitrogens is 2. The summed E-state index contributed by atoms with van der Waals surface area (Å²) < 4.78 is 6.22. The number of hydrogen-bond donors (Lipinski definition) is 0. The zero-order chi connectivity index (χ0) is 22.9. The summed E-state index contributed by atoms with van der Waals surface area (Å²) in [6.45, 7) is 4.39. The molecular formula is C28H35N5O. The van der Waals surface area contributed by atoms with Gasteiger partial charge in [-0.2, -0.15) is 15.2 Å². The van der Waals surface area contributed by atoms with E-state index in [0.717, 1.165) is 63.6 Å². The van der Waals surface area contributed by atoms with Crippen LogP contribution in [0.1, 0.15) is 79.8 Å². The molecule has 3 heterocycles. The first-order chi connectivity index (χ1) is 16.8. The van der Waals surface area contributed by atoms with Crippen LogP contribution in [0, 0.1) is 23.2 Å². The van der Waals surface area contributed by atoms with Gasteiger partial charge in [0, 0.05) is 44.2 Å². The van der Waals surface area contributed by atoms with Crippen LogP contribution in [-0.4, -0.2) is 34.6 Å². The Balaban J connectivity index is 1.28. The Bertz CT molecular complexity index is 1070. The average Bonchev–Trinajstić information content (AvgIpc) is 3.62. The quantitative estimate of drug-likeness (QED) is 0.596. The molecule has 0 radical (unpaired) electrons. The van der Waals surface area contributed by atoms with E-state index in [1.165, 1.54) is 48.8 Å². The minimum atomic E-state index is 0.423. The summed E-state index contributed by atoms with van der Waals surface area (Å²) in [5.41, 5.74) is 5.38. The molecule has 2 fully saturated rings. The molecule has 0 N–H and O–H groups in total. The second kappa shape index (κ2) is 9.54. The van der Waals surface area contributed by atoms with Gasteiger partial charge in [-0.25, -0.2) is 0 Å². The Kier molecular flexibility index (Phi) is 6.13. The van der Waals surface area contributed by atoms with E-state index in [-0.39, 0.29) is 0 Å². The first-order valence-electron chi connectivity index (χ1n) is 13.2. The van der Waals surface area contributed by atoms with Crippen molar-refractivity contribution >= 4 is 5.82 Å². The van der Waals surface area contributed by atoms with Crippen molar-refractivity contribution in [3.05, 3.63) is 46.6 Å². The number of rotatable bonds is 6. The fraction of sp³-hybridized carbons (Fsp3) is 0.607. The Labute approximate surface area is 202 Å². The fourth-order valence-corrected chi connectivity index (χ4v) is 6.62. The van der Waals surface area contributed by atoms with Gasteiger partial charge in [-0.1, -0.05) is 37.1 Å². The molecule has 1 aromatic heterocycles. The Hall–Kier alpha value is -2.65. The molecule has 4 aliphatic rings. The molecule has 1 unspecified atom stereocenters. The molecule has 6 nitrogen and oxygen atoms in total. The third kappa shape index (κ3) is 4.27. The predicted octanol–water partition coefficient (Wildman–Crippen LogP) is 5.18. The second-order valence-electron chi connectivity index (χ2n) is 10.7. The van der Waals surface area contributed by atoms with Crippen LogP contribution in [-0.2, 0) is 19.5 Å². The second-order valence-corrected chi connectivity index (χ2v) is 10.7. The molecule has 6 heteroatoms. The van der Waals surface area contributed by atoms with Crippen LogP contribution in [0.15, 0.2) is 24.3 Å². The van der Waals surface area contributed by atoms with E-state index >= 15 is 0 Å². The lowest BCUT2D eigenvalue weighted by Gasteiger charge is -2.34. The average molecular weight is 458 g/mol. The number of nitriles is 1. The summed E-state index contributed by atoms with van der Waals surface area (Å²) in [6, 6.07) is 12.3. The Morgan fingerprint density at radius 2 is 1.85 bits per heavy atom. The maximum absolute atomic E-state index is 9.26. The molecule has 1 saturated carbocycles. The predicted molar refractivity (Wildman–Crippen MR) is 131 cm³/mol. The molecule has 2 aliphatic heterocycles. The Morgan fingerprint density at radius 3 is 2.74 bits per heavy atom. The lowest BCUT2D eigenvalue weighted by molar-refractivity contribution is 0.198. The van der Waals surface area contributed by atoms with Gasteiger partial charge in [-0.3, -0.25) is 4.90 Å². The van der Waals surface area contributed by atoms with Crippen LogP contribution in [0.3, 0.4) is 0 Å². The maximum Gasteiger partial charge on any atom is 0.318 e. The number of hydrogen-bond acceptors (Lipinski definition) is 6. The molecule has 0 spiro atoms. The van der Waals surface area contributed by atoms with E-state index in [0.29, 0.717) is 30.3 Å². The lowest BCUT2D eigenvalue weighted by Crippen LogP contribution is -2.36. The van der Waals surface area contributed by atoms with Crippen molar-refractivity contribution in [2.45, 2.75) is 76.9 Å². The zero-order valence-electron chi connectivity index (χ0n) is 20.1. The maximum atomic E-state index is 9.26. The molecule has 2 aromatic rings. The molecule has 1 saturated heterocycles. The number of benzene rings is 1. The van der Waals surface area contributed by atoms with E-state index in [2.05, 4.69) is 40.1 Å². The highest BCUT2D eigenvalue weighted by atomic mass is 16.5. The van der Waals surface area contributed by atoms with Gasteiger partial charge in [0.15, 0.2) is 0 Å². The molecular weight excluding hydrogens is 422 g/mol. The van der Waals surface area contributed by atoms with Gasteiger partial charge in [0.25, 0.3) is 0 Å². The van der Waals surface area contributed by atoms with Gasteiger partial charge in [0.1, 0.15) is 5.82 Å². The minimum absolute atomic E-state index is 0.423. The summed E-state index contributed by atoms with van der Waals surface area (Å²) in [5, 5.41) is 9.26. The van der Waals surface area contributed by atoms with Crippen molar-refractivity contribution < 1.29 is 4.74 Å². The topological polar surface area (TPSA) is 65.3 Å². The van der Waals surface area contributed by atoms with Gasteiger partial charge < -0.3 is 9.64 Å². The molecule has 34 heavy (non-hydrogen) atoms. The van der Waals surface area contributed by atoms with Crippen LogP contribution in [0.25, 0.3) is 0 Å². The highest BCUT2D eigenvalue weighted by molar-refractivity contribution is 5.52. The van der Waals surface area contributed by atoms with Crippen LogP contribution < -0.4 is 9.64 Å². The molecule has 1 aromatic carbocycles. The van der Waals surface area contributed by atoms with Gasteiger partial charge >= 0.3 is 6.01 Å². The number of fused-ring (bicyclic) bond motifs is 2. The molecule has 2 aliphatic carbocycles. The molecule has 178 valence electrons. The number of aryl methyl sites for hydroxylation is 1. The van der Waals surface area contributed by atoms with Gasteiger partial charge in [0.05, 0.1) is 18.4 Å². The van der Waals surface area contributed by atoms with E-state index in [1.807, 2.05) is 0 Å². The normalized spacial score (nSPS) is 24.7. The summed E-state index contributed by atoms with van der Waals surface area (Å²) in [4.78, 5) is 15.0. The van der Waals surface area contributed by atoms with Crippen molar-refractivity contribution in [1.82, 2.24) is 14.9 Å². The number of piperidine rings is 1. The minimum Gasteiger partial charge on any atom is -0.463 e. The fourth-order valence-electron chi connectivity index (χ4n) is 6.62. The standard InChI is InChI=1S/C28H35N5O/c29-14-13-20-8-5-15-32(16-20)27-24-17-33(26-12-11-22-9-3-4-10-23(22)26)18-25(24)30-28(31-27)34-19-21-6-1-2-7-21/h3-4,9-10,20-21,26H,1-2,5-8,11-13,15-19H2/t20-,26?/m0/s1. The van der Waals surface area contributed by atoms with Gasteiger partial charge in [0.2, 0.25) is 0 Å². The number of ether oxygens (including phenoxy) is 1. The van der Waals surface area contributed by atoms with Crippen molar-refractivity contribution in [2.24, 2.45) is 11.8 Å². The SMILES string of the molecule is N#CC[C@@H]1CCCN(c2nc(OCC3CCCC3)nc3c2CN(C2CCc4ccccc42)C3)C1. The third-order valence-electron chi connectivity index (χ3n) is 8.43. The summed E-state index contributed by atoms with van der Waals surface area (Å²) >= 11 is 0. The largest absolute Gasteiger partial charge is 0.463 e. The molecule has 0 bridgehead atoms. The van der Waals surface area contributed by atoms with Crippen molar-refractivity contribution in [3.63, 3.8) is 0 Å². The molecule has 2 atom stereocenters. The van der Waals surface area contributed by atoms with Crippen molar-refractivity contribution in [1.29, 1.82) is 5.26 Å². The molecule has 0 amide bonds. The number of nitrogens with zero attached hydrogens (tertiary/aromatic N) is 5. The molecule has 6 rings (SSSR count). The van der Waals surface area contributed by atoms with E-state index in [1.54, 1.807) is 0 Å². The van der Waals surface area contributed by atoms with E-state index in [4.69, 9.17) is 14.7 Å². The highest BCUT2D eigenvalue weighted by Crippen LogP contribution is 2.42. The highest BCUT2D eigenvalue weighted by Gasteiger charge is 2.36.